The molecule has 1 amide bonds. The first-order chi connectivity index (χ1) is 13.0. The summed E-state index contributed by atoms with van der Waals surface area (Å²) in [6.07, 6.45) is 2.41. The third kappa shape index (κ3) is 5.03. The lowest BCUT2D eigenvalue weighted by molar-refractivity contribution is 0.0938. The number of halogens is 2. The van der Waals surface area contributed by atoms with E-state index in [1.54, 1.807) is 12.1 Å². The molecule has 1 N–H and O–H groups in total. The zero-order valence-corrected chi connectivity index (χ0v) is 18.1. The van der Waals surface area contributed by atoms with Crippen LogP contribution in [0.3, 0.4) is 0 Å². The molecule has 144 valence electrons. The quantitative estimate of drug-likeness (QED) is 0.691. The Kier molecular flexibility index (Phi) is 6.79. The van der Waals surface area contributed by atoms with E-state index >= 15 is 0 Å². The summed E-state index contributed by atoms with van der Waals surface area (Å²) in [6, 6.07) is 14.1. The molecule has 1 saturated heterocycles. The third-order valence-corrected chi connectivity index (χ3v) is 5.83. The van der Waals surface area contributed by atoms with Gasteiger partial charge in [0.15, 0.2) is 0 Å². The maximum atomic E-state index is 12.7. The Bertz CT molecular complexity index is 789. The second-order valence-electron chi connectivity index (χ2n) is 7.08. The van der Waals surface area contributed by atoms with Crippen LogP contribution in [0.1, 0.15) is 34.8 Å². The van der Waals surface area contributed by atoms with E-state index in [2.05, 4.69) is 55.3 Å². The second kappa shape index (κ2) is 9.09. The van der Waals surface area contributed by atoms with E-state index in [1.165, 1.54) is 24.1 Å². The number of nitrogens with one attached hydrogen (secondary N) is 1. The molecule has 1 fully saturated rings. The number of anilines is 1. The summed E-state index contributed by atoms with van der Waals surface area (Å²) in [6.45, 7) is 2.68. The number of likely N-dealkylation sites (tertiary alicyclic amines) is 1. The molecule has 2 aromatic rings. The van der Waals surface area contributed by atoms with Gasteiger partial charge in [-0.1, -0.05) is 39.7 Å². The lowest BCUT2D eigenvalue weighted by atomic mass is 10.0. The molecule has 1 aliphatic rings. The van der Waals surface area contributed by atoms with Gasteiger partial charge in [0.1, 0.15) is 0 Å². The summed E-state index contributed by atoms with van der Waals surface area (Å²) in [7, 11) is 4.07. The number of carbonyl (C=O) groups excluding carboxylic acids is 1. The Labute approximate surface area is 174 Å². The minimum atomic E-state index is -0.143. The average molecular weight is 451 g/mol. The standard InChI is InChI=1S/C21H25BrClN3O/c1-25(2)17-8-5-15(6-9-17)20(26-11-3-4-12-26)14-24-21(27)18-13-16(22)7-10-19(18)23/h5-10,13,20H,3-4,11-12,14H2,1-2H3,(H,24,27). The molecule has 1 aliphatic heterocycles. The van der Waals surface area contributed by atoms with Crippen molar-refractivity contribution in [3.8, 4) is 0 Å². The first kappa shape index (κ1) is 20.2. The largest absolute Gasteiger partial charge is 0.378 e. The molecule has 0 bridgehead atoms. The molecule has 4 nitrogen and oxygen atoms in total. The van der Waals surface area contributed by atoms with Crippen LogP contribution in [0.5, 0.6) is 0 Å². The number of hydrogen-bond acceptors (Lipinski definition) is 3. The van der Waals surface area contributed by atoms with Gasteiger partial charge in [0.2, 0.25) is 0 Å². The van der Waals surface area contributed by atoms with Gasteiger partial charge in [-0.25, -0.2) is 0 Å². The van der Waals surface area contributed by atoms with Gasteiger partial charge < -0.3 is 10.2 Å². The predicted octanol–water partition coefficient (Wildman–Crippen LogP) is 4.74. The van der Waals surface area contributed by atoms with E-state index in [1.807, 2.05) is 20.2 Å². The van der Waals surface area contributed by atoms with Gasteiger partial charge in [0.05, 0.1) is 16.6 Å². The highest BCUT2D eigenvalue weighted by Crippen LogP contribution is 2.27. The number of hydrogen-bond donors (Lipinski definition) is 1. The minimum absolute atomic E-state index is 0.143. The molecule has 1 atom stereocenters. The lowest BCUT2D eigenvalue weighted by Crippen LogP contribution is -2.37. The van der Waals surface area contributed by atoms with Crippen molar-refractivity contribution in [2.45, 2.75) is 18.9 Å². The van der Waals surface area contributed by atoms with Crippen LogP contribution in [0.25, 0.3) is 0 Å². The Morgan fingerprint density at radius 1 is 1.19 bits per heavy atom. The van der Waals surface area contributed by atoms with Crippen LogP contribution in [0, 0.1) is 0 Å². The highest BCUT2D eigenvalue weighted by molar-refractivity contribution is 9.10. The lowest BCUT2D eigenvalue weighted by Gasteiger charge is -2.28. The maximum Gasteiger partial charge on any atom is 0.252 e. The predicted molar refractivity (Wildman–Crippen MR) is 116 cm³/mol. The van der Waals surface area contributed by atoms with Crippen LogP contribution in [-0.2, 0) is 0 Å². The summed E-state index contributed by atoms with van der Waals surface area (Å²) in [5.74, 6) is -0.143. The van der Waals surface area contributed by atoms with E-state index in [9.17, 15) is 4.79 Å². The molecule has 1 heterocycles. The fourth-order valence-corrected chi connectivity index (χ4v) is 4.03. The molecule has 2 aromatic carbocycles. The number of nitrogens with zero attached hydrogens (tertiary/aromatic N) is 2. The zero-order valence-electron chi connectivity index (χ0n) is 15.7. The SMILES string of the molecule is CN(C)c1ccc(C(CNC(=O)c2cc(Br)ccc2Cl)N2CCCC2)cc1. The number of rotatable bonds is 6. The van der Waals surface area contributed by atoms with E-state index in [0.717, 1.165) is 17.6 Å². The van der Waals surface area contributed by atoms with Crippen LogP contribution in [0.15, 0.2) is 46.9 Å². The molecule has 0 aliphatic carbocycles. The molecule has 0 spiro atoms. The highest BCUT2D eigenvalue weighted by atomic mass is 79.9. The van der Waals surface area contributed by atoms with Crippen LogP contribution in [-0.4, -0.2) is 44.5 Å². The number of benzene rings is 2. The molecule has 27 heavy (non-hydrogen) atoms. The Balaban J connectivity index is 1.75. The number of carbonyl (C=O) groups is 1. The first-order valence-corrected chi connectivity index (χ1v) is 10.4. The fourth-order valence-electron chi connectivity index (χ4n) is 3.46. The zero-order chi connectivity index (χ0) is 19.4. The van der Waals surface area contributed by atoms with E-state index in [4.69, 9.17) is 11.6 Å². The molecule has 1 unspecified atom stereocenters. The molecule has 3 rings (SSSR count). The van der Waals surface area contributed by atoms with Crippen molar-refractivity contribution in [3.63, 3.8) is 0 Å². The van der Waals surface area contributed by atoms with Gasteiger partial charge in [0.25, 0.3) is 5.91 Å². The van der Waals surface area contributed by atoms with E-state index in [0.29, 0.717) is 17.1 Å². The van der Waals surface area contributed by atoms with Gasteiger partial charge in [0, 0.05) is 30.8 Å². The van der Waals surface area contributed by atoms with Gasteiger partial charge in [-0.05, 0) is 61.8 Å². The van der Waals surface area contributed by atoms with Crippen molar-refractivity contribution < 1.29 is 4.79 Å². The average Bonchev–Trinajstić information content (AvgIpc) is 3.18. The van der Waals surface area contributed by atoms with Gasteiger partial charge in [-0.15, -0.1) is 0 Å². The van der Waals surface area contributed by atoms with Crippen molar-refractivity contribution in [2.24, 2.45) is 0 Å². The summed E-state index contributed by atoms with van der Waals surface area (Å²) in [5, 5.41) is 3.55. The summed E-state index contributed by atoms with van der Waals surface area (Å²) in [4.78, 5) is 17.2. The van der Waals surface area contributed by atoms with Gasteiger partial charge >= 0.3 is 0 Å². The molecular weight excluding hydrogens is 426 g/mol. The van der Waals surface area contributed by atoms with E-state index < -0.39 is 0 Å². The third-order valence-electron chi connectivity index (χ3n) is 5.00. The van der Waals surface area contributed by atoms with E-state index in [-0.39, 0.29) is 11.9 Å². The van der Waals surface area contributed by atoms with Crippen molar-refractivity contribution >= 4 is 39.1 Å². The van der Waals surface area contributed by atoms with Crippen molar-refractivity contribution in [1.29, 1.82) is 0 Å². The smallest absolute Gasteiger partial charge is 0.252 e. The maximum absolute atomic E-state index is 12.7. The number of amides is 1. The normalized spacial score (nSPS) is 15.6. The van der Waals surface area contributed by atoms with Crippen LogP contribution >= 0.6 is 27.5 Å². The molecular formula is C21H25BrClN3O. The Morgan fingerprint density at radius 3 is 2.48 bits per heavy atom. The summed E-state index contributed by atoms with van der Waals surface area (Å²) < 4.78 is 0.840. The Hall–Kier alpha value is -1.56. The van der Waals surface area contributed by atoms with Gasteiger partial charge in [-0.2, -0.15) is 0 Å². The molecule has 0 radical (unpaired) electrons. The monoisotopic (exact) mass is 449 g/mol. The summed E-state index contributed by atoms with van der Waals surface area (Å²) in [5.41, 5.74) is 2.89. The topological polar surface area (TPSA) is 35.6 Å². The second-order valence-corrected chi connectivity index (χ2v) is 8.40. The van der Waals surface area contributed by atoms with Crippen LogP contribution < -0.4 is 10.2 Å². The van der Waals surface area contributed by atoms with Crippen molar-refractivity contribution in [3.05, 3.63) is 63.1 Å². The highest BCUT2D eigenvalue weighted by Gasteiger charge is 2.24. The van der Waals surface area contributed by atoms with Crippen molar-refractivity contribution in [1.82, 2.24) is 10.2 Å². The molecule has 0 saturated carbocycles. The van der Waals surface area contributed by atoms with Gasteiger partial charge in [-0.3, -0.25) is 9.69 Å². The van der Waals surface area contributed by atoms with Crippen molar-refractivity contribution in [2.75, 3.05) is 38.6 Å². The fraction of sp³-hybridized carbons (Fsp3) is 0.381. The first-order valence-electron chi connectivity index (χ1n) is 9.20. The summed E-state index contributed by atoms with van der Waals surface area (Å²) >= 11 is 9.60. The Morgan fingerprint density at radius 2 is 1.85 bits per heavy atom. The van der Waals surface area contributed by atoms with Crippen LogP contribution in [0.4, 0.5) is 5.69 Å². The van der Waals surface area contributed by atoms with Crippen LogP contribution in [0.2, 0.25) is 5.02 Å². The molecule has 0 aromatic heterocycles. The molecule has 6 heteroatoms. The minimum Gasteiger partial charge on any atom is -0.378 e.